The van der Waals surface area contributed by atoms with Gasteiger partial charge in [0.25, 0.3) is 0 Å². The van der Waals surface area contributed by atoms with Gasteiger partial charge >= 0.3 is 0 Å². The summed E-state index contributed by atoms with van der Waals surface area (Å²) in [4.78, 5) is 17.1. The summed E-state index contributed by atoms with van der Waals surface area (Å²) in [6.45, 7) is 8.25. The van der Waals surface area contributed by atoms with Crippen LogP contribution in [0.1, 0.15) is 29.3 Å². The fraction of sp³-hybridized carbons (Fsp3) is 0.562. The molecule has 0 bridgehead atoms. The molecule has 19 heavy (non-hydrogen) atoms. The lowest BCUT2D eigenvalue weighted by Gasteiger charge is -2.26. The minimum atomic E-state index is -0.0193. The summed E-state index contributed by atoms with van der Waals surface area (Å²) in [5, 5.41) is 0. The standard InChI is InChI=1S/C16H24N2O/c1-13-5-7-15(8-6-13)16(19)14(2)18-10-4-9-17(3)11-12-18/h5-8,14H,4,9-12H2,1-3H3. The van der Waals surface area contributed by atoms with E-state index in [2.05, 4.69) is 16.8 Å². The molecule has 0 aromatic heterocycles. The Hall–Kier alpha value is -1.19. The van der Waals surface area contributed by atoms with Crippen LogP contribution in [0, 0.1) is 6.92 Å². The van der Waals surface area contributed by atoms with Crippen molar-refractivity contribution in [2.75, 3.05) is 33.2 Å². The van der Waals surface area contributed by atoms with Crippen molar-refractivity contribution < 1.29 is 4.79 Å². The van der Waals surface area contributed by atoms with Crippen LogP contribution in [-0.4, -0.2) is 54.9 Å². The zero-order valence-electron chi connectivity index (χ0n) is 12.2. The number of ketones is 1. The van der Waals surface area contributed by atoms with Gasteiger partial charge in [-0.2, -0.15) is 0 Å². The van der Waals surface area contributed by atoms with Gasteiger partial charge in [-0.1, -0.05) is 29.8 Å². The number of Topliss-reactive ketones (excluding diaryl/α,β-unsaturated/α-hetero) is 1. The van der Waals surface area contributed by atoms with Crippen LogP contribution < -0.4 is 0 Å². The van der Waals surface area contributed by atoms with Crippen LogP contribution in [0.5, 0.6) is 0 Å². The quantitative estimate of drug-likeness (QED) is 0.779. The number of nitrogens with zero attached hydrogens (tertiary/aromatic N) is 2. The van der Waals surface area contributed by atoms with E-state index in [-0.39, 0.29) is 11.8 Å². The molecule has 1 atom stereocenters. The van der Waals surface area contributed by atoms with E-state index in [9.17, 15) is 4.79 Å². The number of hydrogen-bond acceptors (Lipinski definition) is 3. The number of aryl methyl sites for hydroxylation is 1. The number of carbonyl (C=O) groups is 1. The van der Waals surface area contributed by atoms with Crippen molar-refractivity contribution in [1.29, 1.82) is 0 Å². The predicted molar refractivity (Wildman–Crippen MR) is 78.7 cm³/mol. The van der Waals surface area contributed by atoms with Crippen molar-refractivity contribution in [1.82, 2.24) is 9.80 Å². The molecular weight excluding hydrogens is 236 g/mol. The smallest absolute Gasteiger partial charge is 0.179 e. The molecule has 0 aliphatic carbocycles. The monoisotopic (exact) mass is 260 g/mol. The molecule has 1 aliphatic heterocycles. The Kier molecular flexibility index (Phi) is 4.72. The molecule has 0 saturated carbocycles. The maximum absolute atomic E-state index is 12.5. The van der Waals surface area contributed by atoms with E-state index < -0.39 is 0 Å². The van der Waals surface area contributed by atoms with Gasteiger partial charge in [-0.25, -0.2) is 0 Å². The number of benzene rings is 1. The average Bonchev–Trinajstić information content (AvgIpc) is 2.63. The minimum absolute atomic E-state index is 0.0193. The zero-order valence-corrected chi connectivity index (χ0v) is 12.2. The lowest BCUT2D eigenvalue weighted by Crippen LogP contribution is -2.41. The topological polar surface area (TPSA) is 23.6 Å². The molecule has 1 fully saturated rings. The molecule has 0 amide bonds. The lowest BCUT2D eigenvalue weighted by molar-refractivity contribution is 0.0843. The molecule has 0 spiro atoms. The summed E-state index contributed by atoms with van der Waals surface area (Å²) in [7, 11) is 2.15. The van der Waals surface area contributed by atoms with Crippen LogP contribution in [0.2, 0.25) is 0 Å². The van der Waals surface area contributed by atoms with Crippen molar-refractivity contribution in [3.63, 3.8) is 0 Å². The molecule has 1 aliphatic rings. The average molecular weight is 260 g/mol. The molecule has 1 saturated heterocycles. The summed E-state index contributed by atoms with van der Waals surface area (Å²) in [6.07, 6.45) is 1.14. The largest absolute Gasteiger partial charge is 0.305 e. The zero-order chi connectivity index (χ0) is 13.8. The highest BCUT2D eigenvalue weighted by atomic mass is 16.1. The van der Waals surface area contributed by atoms with Crippen LogP contribution >= 0.6 is 0 Å². The van der Waals surface area contributed by atoms with E-state index >= 15 is 0 Å². The Bertz CT molecular complexity index is 427. The van der Waals surface area contributed by atoms with E-state index in [1.807, 2.05) is 38.1 Å². The van der Waals surface area contributed by atoms with Gasteiger partial charge in [0.2, 0.25) is 0 Å². The number of carbonyl (C=O) groups excluding carboxylic acids is 1. The summed E-state index contributed by atoms with van der Waals surface area (Å²) in [5.41, 5.74) is 2.02. The third-order valence-corrected chi connectivity index (χ3v) is 4.02. The van der Waals surface area contributed by atoms with Gasteiger partial charge in [-0.3, -0.25) is 9.69 Å². The molecule has 1 heterocycles. The van der Waals surface area contributed by atoms with Gasteiger partial charge < -0.3 is 4.90 Å². The molecule has 2 rings (SSSR count). The first-order chi connectivity index (χ1) is 9.08. The number of likely N-dealkylation sites (N-methyl/N-ethyl adjacent to an activating group) is 1. The third kappa shape index (κ3) is 3.64. The molecule has 3 heteroatoms. The van der Waals surface area contributed by atoms with Crippen LogP contribution in [0.25, 0.3) is 0 Å². The molecular formula is C16H24N2O. The summed E-state index contributed by atoms with van der Waals surface area (Å²) < 4.78 is 0. The normalized spacial score (nSPS) is 19.9. The Balaban J connectivity index is 2.03. The first-order valence-electron chi connectivity index (χ1n) is 7.11. The molecule has 1 aromatic carbocycles. The second-order valence-corrected chi connectivity index (χ2v) is 5.60. The van der Waals surface area contributed by atoms with E-state index in [1.165, 1.54) is 5.56 Å². The fourth-order valence-corrected chi connectivity index (χ4v) is 2.58. The van der Waals surface area contributed by atoms with E-state index in [0.29, 0.717) is 0 Å². The van der Waals surface area contributed by atoms with Crippen LogP contribution in [0.4, 0.5) is 0 Å². The highest BCUT2D eigenvalue weighted by Gasteiger charge is 2.23. The minimum Gasteiger partial charge on any atom is -0.305 e. The van der Waals surface area contributed by atoms with Crippen LogP contribution in [0.15, 0.2) is 24.3 Å². The van der Waals surface area contributed by atoms with Gasteiger partial charge in [0.1, 0.15) is 0 Å². The SMILES string of the molecule is Cc1ccc(C(=O)C(C)N2CCCN(C)CC2)cc1. The summed E-state index contributed by atoms with van der Waals surface area (Å²) in [5.74, 6) is 0.240. The predicted octanol–water partition coefficient (Wildman–Crippen LogP) is 2.20. The molecule has 104 valence electrons. The molecule has 1 aromatic rings. The third-order valence-electron chi connectivity index (χ3n) is 4.02. The lowest BCUT2D eigenvalue weighted by atomic mass is 10.0. The van der Waals surface area contributed by atoms with Gasteiger partial charge in [-0.05, 0) is 33.9 Å². The van der Waals surface area contributed by atoms with Crippen LogP contribution in [0.3, 0.4) is 0 Å². The van der Waals surface area contributed by atoms with E-state index in [4.69, 9.17) is 0 Å². The first-order valence-corrected chi connectivity index (χ1v) is 7.11. The van der Waals surface area contributed by atoms with Gasteiger partial charge in [-0.15, -0.1) is 0 Å². The second kappa shape index (κ2) is 6.31. The molecule has 3 nitrogen and oxygen atoms in total. The van der Waals surface area contributed by atoms with Crippen LogP contribution in [-0.2, 0) is 0 Å². The fourth-order valence-electron chi connectivity index (χ4n) is 2.58. The second-order valence-electron chi connectivity index (χ2n) is 5.60. The maximum Gasteiger partial charge on any atom is 0.179 e. The van der Waals surface area contributed by atoms with Crippen molar-refractivity contribution in [3.8, 4) is 0 Å². The number of hydrogen-bond donors (Lipinski definition) is 0. The van der Waals surface area contributed by atoms with Crippen molar-refractivity contribution in [2.24, 2.45) is 0 Å². The van der Waals surface area contributed by atoms with Gasteiger partial charge in [0.05, 0.1) is 6.04 Å². The Morgan fingerprint density at radius 2 is 1.79 bits per heavy atom. The Labute approximate surface area is 116 Å². The van der Waals surface area contributed by atoms with E-state index in [1.54, 1.807) is 0 Å². The van der Waals surface area contributed by atoms with E-state index in [0.717, 1.165) is 38.2 Å². The van der Waals surface area contributed by atoms with Crippen molar-refractivity contribution in [2.45, 2.75) is 26.3 Å². The Morgan fingerprint density at radius 3 is 2.47 bits per heavy atom. The molecule has 0 N–H and O–H groups in total. The highest BCUT2D eigenvalue weighted by Crippen LogP contribution is 2.12. The van der Waals surface area contributed by atoms with Gasteiger partial charge in [0.15, 0.2) is 5.78 Å². The summed E-state index contributed by atoms with van der Waals surface area (Å²) in [6, 6.07) is 7.89. The van der Waals surface area contributed by atoms with Crippen molar-refractivity contribution >= 4 is 5.78 Å². The molecule has 0 radical (unpaired) electrons. The Morgan fingerprint density at radius 1 is 1.11 bits per heavy atom. The number of rotatable bonds is 3. The highest BCUT2D eigenvalue weighted by molar-refractivity contribution is 5.99. The molecule has 1 unspecified atom stereocenters. The summed E-state index contributed by atoms with van der Waals surface area (Å²) >= 11 is 0. The first kappa shape index (κ1) is 14.2. The van der Waals surface area contributed by atoms with Gasteiger partial charge in [0, 0.05) is 25.2 Å². The maximum atomic E-state index is 12.5. The van der Waals surface area contributed by atoms with Crippen molar-refractivity contribution in [3.05, 3.63) is 35.4 Å².